The Balaban J connectivity index is 1.77. The van der Waals surface area contributed by atoms with Crippen LogP contribution in [0.15, 0.2) is 18.2 Å². The van der Waals surface area contributed by atoms with Crippen LogP contribution in [-0.4, -0.2) is 46.7 Å². The molecule has 1 aliphatic rings. The summed E-state index contributed by atoms with van der Waals surface area (Å²) in [4.78, 5) is 24.1. The van der Waals surface area contributed by atoms with Gasteiger partial charge in [0, 0.05) is 0 Å². The number of carbonyl (C=O) groups is 2. The number of rotatable bonds is 7. The molecule has 8 heteroatoms. The van der Waals surface area contributed by atoms with E-state index >= 15 is 0 Å². The summed E-state index contributed by atoms with van der Waals surface area (Å²) in [5.41, 5.74) is 6.44. The van der Waals surface area contributed by atoms with Crippen LogP contribution < -0.4 is 5.73 Å². The third-order valence-electron chi connectivity index (χ3n) is 4.86. The Hall–Kier alpha value is -2.48. The molecule has 2 rings (SSSR count). The van der Waals surface area contributed by atoms with Gasteiger partial charge in [0.15, 0.2) is 11.5 Å². The second-order valence-corrected chi connectivity index (χ2v) is 7.23. The number of benzene rings is 1. The maximum Gasteiger partial charge on any atom is 0.508 e. The number of ether oxygens (including phenoxy) is 3. The van der Waals surface area contributed by atoms with Crippen LogP contribution in [0.25, 0.3) is 0 Å². The van der Waals surface area contributed by atoms with Gasteiger partial charge in [-0.1, -0.05) is 12.5 Å². The third kappa shape index (κ3) is 6.60. The zero-order chi connectivity index (χ0) is 20.7. The van der Waals surface area contributed by atoms with E-state index in [4.69, 9.17) is 19.9 Å². The lowest BCUT2D eigenvalue weighted by molar-refractivity contribution is -0.155. The van der Waals surface area contributed by atoms with Crippen molar-refractivity contribution in [2.24, 2.45) is 5.73 Å². The summed E-state index contributed by atoms with van der Waals surface area (Å²) in [5, 5.41) is 18.8. The average Bonchev–Trinajstić information content (AvgIpc) is 2.65. The van der Waals surface area contributed by atoms with Gasteiger partial charge in [0.25, 0.3) is 0 Å². The van der Waals surface area contributed by atoms with E-state index in [1.54, 1.807) is 19.9 Å². The molecule has 0 spiro atoms. The molecule has 0 aliphatic heterocycles. The van der Waals surface area contributed by atoms with Crippen molar-refractivity contribution in [1.29, 1.82) is 0 Å². The van der Waals surface area contributed by atoms with Gasteiger partial charge in [-0.2, -0.15) is 0 Å². The molecule has 0 heterocycles. The highest BCUT2D eigenvalue weighted by atomic mass is 16.7. The summed E-state index contributed by atoms with van der Waals surface area (Å²) in [6.07, 6.45) is 2.78. The summed E-state index contributed by atoms with van der Waals surface area (Å²) < 4.78 is 15.8. The molecular weight excluding hydrogens is 366 g/mol. The highest BCUT2D eigenvalue weighted by molar-refractivity contribution is 5.76. The van der Waals surface area contributed by atoms with Gasteiger partial charge >= 0.3 is 12.1 Å². The quantitative estimate of drug-likeness (QED) is 0.475. The molecule has 0 amide bonds. The van der Waals surface area contributed by atoms with Crippen molar-refractivity contribution in [2.75, 3.05) is 0 Å². The van der Waals surface area contributed by atoms with Crippen LogP contribution in [0.2, 0.25) is 0 Å². The summed E-state index contributed by atoms with van der Waals surface area (Å²) in [7, 11) is 0. The summed E-state index contributed by atoms with van der Waals surface area (Å²) in [5.74, 6) is -1.19. The first-order valence-electron chi connectivity index (χ1n) is 9.60. The topological polar surface area (TPSA) is 128 Å². The van der Waals surface area contributed by atoms with Crippen LogP contribution in [0.3, 0.4) is 0 Å². The lowest BCUT2D eigenvalue weighted by Crippen LogP contribution is -2.39. The number of hydrogen-bond acceptors (Lipinski definition) is 8. The molecule has 28 heavy (non-hydrogen) atoms. The van der Waals surface area contributed by atoms with Gasteiger partial charge < -0.3 is 30.2 Å². The standard InChI is InChI=1S/C20H29NO7/c1-12(13(2)27-20(25)28-15-6-4-3-5-7-15)26-19(24)16(21)10-14-8-9-17(22)18(23)11-14/h8-9,11-13,15-16,22-23H,3-7,10,21H2,1-2H3/t12-,13-,16-/m0/s1. The molecule has 0 saturated heterocycles. The summed E-state index contributed by atoms with van der Waals surface area (Å²) in [6.45, 7) is 3.22. The molecule has 0 radical (unpaired) electrons. The normalized spacial score (nSPS) is 18.0. The van der Waals surface area contributed by atoms with Crippen LogP contribution in [0, 0.1) is 0 Å². The molecule has 3 atom stereocenters. The number of hydrogen-bond donors (Lipinski definition) is 3. The molecule has 156 valence electrons. The highest BCUT2D eigenvalue weighted by Crippen LogP contribution is 2.25. The van der Waals surface area contributed by atoms with Gasteiger partial charge in [-0.15, -0.1) is 0 Å². The predicted octanol–water partition coefficient (Wildman–Crippen LogP) is 2.77. The Bertz CT molecular complexity index is 673. The Morgan fingerprint density at radius 2 is 1.71 bits per heavy atom. The van der Waals surface area contributed by atoms with Crippen molar-refractivity contribution in [3.8, 4) is 11.5 Å². The molecule has 1 aromatic carbocycles. The van der Waals surface area contributed by atoms with Crippen molar-refractivity contribution in [3.05, 3.63) is 23.8 Å². The van der Waals surface area contributed by atoms with Crippen LogP contribution in [0.4, 0.5) is 4.79 Å². The van der Waals surface area contributed by atoms with Gasteiger partial charge in [-0.05, 0) is 63.6 Å². The number of esters is 1. The molecule has 1 aliphatic carbocycles. The first kappa shape index (κ1) is 21.8. The number of aromatic hydroxyl groups is 2. The minimum Gasteiger partial charge on any atom is -0.504 e. The number of phenols is 2. The number of nitrogens with two attached hydrogens (primary N) is 1. The van der Waals surface area contributed by atoms with Crippen LogP contribution >= 0.6 is 0 Å². The molecule has 1 fully saturated rings. The molecule has 1 aromatic rings. The van der Waals surface area contributed by atoms with Crippen LogP contribution in [0.5, 0.6) is 11.5 Å². The van der Waals surface area contributed by atoms with Crippen molar-refractivity contribution in [1.82, 2.24) is 0 Å². The third-order valence-corrected chi connectivity index (χ3v) is 4.86. The second-order valence-electron chi connectivity index (χ2n) is 7.23. The van der Waals surface area contributed by atoms with Gasteiger partial charge in [0.05, 0.1) is 0 Å². The van der Waals surface area contributed by atoms with Gasteiger partial charge in [-0.3, -0.25) is 4.79 Å². The van der Waals surface area contributed by atoms with Crippen molar-refractivity contribution >= 4 is 12.1 Å². The van der Waals surface area contributed by atoms with E-state index in [2.05, 4.69) is 0 Å². The lowest BCUT2D eigenvalue weighted by Gasteiger charge is -2.25. The lowest BCUT2D eigenvalue weighted by atomic mass is 9.98. The van der Waals surface area contributed by atoms with Gasteiger partial charge in [-0.25, -0.2) is 4.79 Å². The van der Waals surface area contributed by atoms with Crippen molar-refractivity contribution < 1.29 is 34.0 Å². The van der Waals surface area contributed by atoms with E-state index in [-0.39, 0.29) is 24.0 Å². The van der Waals surface area contributed by atoms with Crippen LogP contribution in [0.1, 0.15) is 51.5 Å². The van der Waals surface area contributed by atoms with E-state index in [0.29, 0.717) is 5.56 Å². The molecule has 0 unspecified atom stereocenters. The Morgan fingerprint density at radius 3 is 2.36 bits per heavy atom. The Labute approximate surface area is 164 Å². The van der Waals surface area contributed by atoms with E-state index in [1.165, 1.54) is 12.1 Å². The van der Waals surface area contributed by atoms with Crippen molar-refractivity contribution in [3.63, 3.8) is 0 Å². The zero-order valence-electron chi connectivity index (χ0n) is 16.3. The summed E-state index contributed by atoms with van der Waals surface area (Å²) >= 11 is 0. The highest BCUT2D eigenvalue weighted by Gasteiger charge is 2.26. The predicted molar refractivity (Wildman–Crippen MR) is 101 cm³/mol. The first-order chi connectivity index (χ1) is 13.3. The second kappa shape index (κ2) is 10.2. The van der Waals surface area contributed by atoms with E-state index < -0.39 is 30.4 Å². The fourth-order valence-electron chi connectivity index (χ4n) is 2.99. The molecule has 8 nitrogen and oxygen atoms in total. The maximum atomic E-state index is 12.2. The van der Waals surface area contributed by atoms with E-state index in [1.807, 2.05) is 0 Å². The fraction of sp³-hybridized carbons (Fsp3) is 0.600. The molecule has 4 N–H and O–H groups in total. The van der Waals surface area contributed by atoms with Gasteiger partial charge in [0.2, 0.25) is 0 Å². The minimum absolute atomic E-state index is 0.110. The van der Waals surface area contributed by atoms with Crippen molar-refractivity contribution in [2.45, 2.75) is 76.7 Å². The Morgan fingerprint density at radius 1 is 1.07 bits per heavy atom. The summed E-state index contributed by atoms with van der Waals surface area (Å²) in [6, 6.07) is 3.24. The molecule has 0 aromatic heterocycles. The Kier molecular flexibility index (Phi) is 7.92. The molecule has 0 bridgehead atoms. The first-order valence-corrected chi connectivity index (χ1v) is 9.60. The van der Waals surface area contributed by atoms with Crippen LogP contribution in [-0.2, 0) is 25.4 Å². The fourth-order valence-corrected chi connectivity index (χ4v) is 2.99. The smallest absolute Gasteiger partial charge is 0.504 e. The molecular formula is C20H29NO7. The largest absolute Gasteiger partial charge is 0.508 e. The minimum atomic E-state index is -0.965. The SMILES string of the molecule is C[C@H](OC(=O)OC1CCCCC1)[C@H](C)OC(=O)[C@@H](N)Cc1ccc(O)c(O)c1. The number of carbonyl (C=O) groups excluding carboxylic acids is 2. The average molecular weight is 395 g/mol. The van der Waals surface area contributed by atoms with Gasteiger partial charge in [0.1, 0.15) is 24.4 Å². The zero-order valence-corrected chi connectivity index (χ0v) is 16.3. The maximum absolute atomic E-state index is 12.2. The molecule has 1 saturated carbocycles. The van der Waals surface area contributed by atoms with E-state index in [0.717, 1.165) is 32.1 Å². The number of phenolic OH excluding ortho intramolecular Hbond substituents is 2. The van der Waals surface area contributed by atoms with E-state index in [9.17, 15) is 19.8 Å². The monoisotopic (exact) mass is 395 g/mol.